The predicted molar refractivity (Wildman–Crippen MR) is 58.6 cm³/mol. The van der Waals surface area contributed by atoms with E-state index in [1.54, 1.807) is 0 Å². The van der Waals surface area contributed by atoms with Crippen molar-refractivity contribution in [2.75, 3.05) is 32.8 Å². The number of terminal acetylenes is 1. The largest absolute Gasteiger partial charge is 0.481 e. The molecule has 4 nitrogen and oxygen atoms in total. The maximum absolute atomic E-state index is 10.4. The molecule has 0 bridgehead atoms. The Hall–Kier alpha value is -1.05. The van der Waals surface area contributed by atoms with Gasteiger partial charge in [-0.15, -0.1) is 6.42 Å². The van der Waals surface area contributed by atoms with Crippen LogP contribution in [-0.2, 0) is 9.53 Å². The quantitative estimate of drug-likeness (QED) is 0.455. The van der Waals surface area contributed by atoms with Crippen LogP contribution < -0.4 is 0 Å². The fourth-order valence-electron chi connectivity index (χ4n) is 1.19. The van der Waals surface area contributed by atoms with Crippen LogP contribution in [0, 0.1) is 12.3 Å². The summed E-state index contributed by atoms with van der Waals surface area (Å²) in [7, 11) is 0. The molecule has 1 N–H and O–H groups in total. The number of nitrogens with zero attached hydrogens (tertiary/aromatic N) is 1. The van der Waals surface area contributed by atoms with Crippen molar-refractivity contribution in [1.82, 2.24) is 4.90 Å². The minimum atomic E-state index is -0.790. The summed E-state index contributed by atoms with van der Waals surface area (Å²) in [6.07, 6.45) is 6.22. The van der Waals surface area contributed by atoms with Crippen LogP contribution in [0.4, 0.5) is 0 Å². The van der Waals surface area contributed by atoms with E-state index in [4.69, 9.17) is 16.3 Å². The topological polar surface area (TPSA) is 49.8 Å². The molecule has 0 saturated heterocycles. The first-order valence-corrected chi connectivity index (χ1v) is 5.16. The summed E-state index contributed by atoms with van der Waals surface area (Å²) in [6.45, 7) is 5.15. The molecule has 0 atom stereocenters. The van der Waals surface area contributed by atoms with Crippen LogP contribution >= 0.6 is 0 Å². The van der Waals surface area contributed by atoms with Crippen molar-refractivity contribution >= 4 is 5.97 Å². The monoisotopic (exact) mass is 213 g/mol. The zero-order valence-electron chi connectivity index (χ0n) is 9.24. The third-order valence-electron chi connectivity index (χ3n) is 1.92. The van der Waals surface area contributed by atoms with Crippen molar-refractivity contribution in [3.8, 4) is 12.3 Å². The van der Waals surface area contributed by atoms with E-state index in [1.807, 2.05) is 11.8 Å². The van der Waals surface area contributed by atoms with E-state index in [-0.39, 0.29) is 6.42 Å². The van der Waals surface area contributed by atoms with Crippen molar-refractivity contribution < 1.29 is 14.6 Å². The summed E-state index contributed by atoms with van der Waals surface area (Å²) in [5, 5.41) is 8.54. The van der Waals surface area contributed by atoms with E-state index in [0.29, 0.717) is 26.3 Å². The molecule has 0 aromatic rings. The first-order valence-electron chi connectivity index (χ1n) is 5.16. The van der Waals surface area contributed by atoms with Gasteiger partial charge < -0.3 is 9.84 Å². The molecular formula is C11H19NO3. The number of carbonyl (C=O) groups is 1. The van der Waals surface area contributed by atoms with E-state index in [9.17, 15) is 4.79 Å². The van der Waals surface area contributed by atoms with E-state index in [1.165, 1.54) is 0 Å². The maximum Gasteiger partial charge on any atom is 0.304 e. The predicted octanol–water partition coefficient (Wildman–Crippen LogP) is 0.823. The second-order valence-electron chi connectivity index (χ2n) is 3.17. The number of carboxylic acid groups (broad SMARTS) is 1. The number of aliphatic carboxylic acids is 1. The van der Waals surface area contributed by atoms with E-state index < -0.39 is 5.97 Å². The Balaban J connectivity index is 3.63. The second-order valence-corrected chi connectivity index (χ2v) is 3.17. The highest BCUT2D eigenvalue weighted by Crippen LogP contribution is 1.94. The fourth-order valence-corrected chi connectivity index (χ4v) is 1.19. The number of hydrogen-bond donors (Lipinski definition) is 1. The van der Waals surface area contributed by atoms with Gasteiger partial charge in [0.15, 0.2) is 0 Å². The van der Waals surface area contributed by atoms with Crippen LogP contribution in [0.2, 0.25) is 0 Å². The van der Waals surface area contributed by atoms with Gasteiger partial charge in [0.2, 0.25) is 0 Å². The van der Waals surface area contributed by atoms with Gasteiger partial charge in [-0.25, -0.2) is 0 Å². The van der Waals surface area contributed by atoms with Gasteiger partial charge in [-0.2, -0.15) is 0 Å². The Morgan fingerprint density at radius 3 is 2.80 bits per heavy atom. The van der Waals surface area contributed by atoms with Crippen LogP contribution in [0.5, 0.6) is 0 Å². The average molecular weight is 213 g/mol. The number of hydrogen-bond acceptors (Lipinski definition) is 3. The Morgan fingerprint density at radius 2 is 2.27 bits per heavy atom. The van der Waals surface area contributed by atoms with Gasteiger partial charge in [0.05, 0.1) is 13.0 Å². The van der Waals surface area contributed by atoms with Crippen molar-refractivity contribution in [2.45, 2.75) is 19.8 Å². The summed E-state index contributed by atoms with van der Waals surface area (Å²) in [5.41, 5.74) is 0. The molecule has 0 rings (SSSR count). The fraction of sp³-hybridized carbons (Fsp3) is 0.727. The SMILES string of the molecule is C#CCN(CCCOCC)CCC(=O)O. The standard InChI is InChI=1S/C11H19NO3/c1-3-7-12(9-6-11(13)14)8-5-10-15-4-2/h1H,4-10H2,2H3,(H,13,14). The Labute approximate surface area is 91.2 Å². The minimum absolute atomic E-state index is 0.135. The van der Waals surface area contributed by atoms with Crippen LogP contribution in [0.25, 0.3) is 0 Å². The van der Waals surface area contributed by atoms with Gasteiger partial charge in [-0.05, 0) is 13.3 Å². The third-order valence-corrected chi connectivity index (χ3v) is 1.92. The highest BCUT2D eigenvalue weighted by molar-refractivity contribution is 5.66. The molecule has 0 heterocycles. The van der Waals surface area contributed by atoms with Gasteiger partial charge in [0.25, 0.3) is 0 Å². The van der Waals surface area contributed by atoms with Crippen LogP contribution in [0.1, 0.15) is 19.8 Å². The Morgan fingerprint density at radius 1 is 1.53 bits per heavy atom. The zero-order valence-corrected chi connectivity index (χ0v) is 9.24. The lowest BCUT2D eigenvalue weighted by molar-refractivity contribution is -0.137. The Bertz CT molecular complexity index is 210. The van der Waals surface area contributed by atoms with Crippen molar-refractivity contribution in [3.63, 3.8) is 0 Å². The lowest BCUT2D eigenvalue weighted by atomic mass is 10.3. The van der Waals surface area contributed by atoms with Crippen molar-refractivity contribution in [2.24, 2.45) is 0 Å². The molecule has 0 aliphatic rings. The first-order chi connectivity index (χ1) is 7.20. The lowest BCUT2D eigenvalue weighted by Crippen LogP contribution is -2.28. The summed E-state index contributed by atoms with van der Waals surface area (Å²) in [5.74, 6) is 1.73. The van der Waals surface area contributed by atoms with Gasteiger partial charge in [-0.1, -0.05) is 5.92 Å². The smallest absolute Gasteiger partial charge is 0.304 e. The lowest BCUT2D eigenvalue weighted by Gasteiger charge is -2.18. The first kappa shape index (κ1) is 13.9. The average Bonchev–Trinajstić information content (AvgIpc) is 2.20. The Kier molecular flexibility index (Phi) is 8.84. The second kappa shape index (κ2) is 9.50. The van der Waals surface area contributed by atoms with Crippen molar-refractivity contribution in [3.05, 3.63) is 0 Å². The number of rotatable bonds is 9. The molecule has 0 amide bonds. The normalized spacial score (nSPS) is 10.2. The molecule has 0 aliphatic carbocycles. The van der Waals surface area contributed by atoms with Gasteiger partial charge >= 0.3 is 5.97 Å². The molecule has 0 fully saturated rings. The summed E-state index contributed by atoms with van der Waals surface area (Å²) in [6, 6.07) is 0. The molecule has 0 unspecified atom stereocenters. The van der Waals surface area contributed by atoms with Crippen molar-refractivity contribution in [1.29, 1.82) is 0 Å². The number of carboxylic acids is 1. The third kappa shape index (κ3) is 9.26. The van der Waals surface area contributed by atoms with Gasteiger partial charge in [0.1, 0.15) is 0 Å². The summed E-state index contributed by atoms with van der Waals surface area (Å²) < 4.78 is 5.19. The van der Waals surface area contributed by atoms with Gasteiger partial charge in [0, 0.05) is 26.3 Å². The highest BCUT2D eigenvalue weighted by Gasteiger charge is 2.05. The molecule has 0 aromatic carbocycles. The van der Waals surface area contributed by atoms with Crippen LogP contribution in [-0.4, -0.2) is 48.8 Å². The molecule has 0 radical (unpaired) electrons. The van der Waals surface area contributed by atoms with Crippen LogP contribution in [0.15, 0.2) is 0 Å². The molecule has 0 aromatic heterocycles. The highest BCUT2D eigenvalue weighted by atomic mass is 16.5. The molecule has 86 valence electrons. The number of ether oxygens (including phenoxy) is 1. The maximum atomic E-state index is 10.4. The van der Waals surface area contributed by atoms with E-state index in [0.717, 1.165) is 13.0 Å². The molecular weight excluding hydrogens is 194 g/mol. The minimum Gasteiger partial charge on any atom is -0.481 e. The van der Waals surface area contributed by atoms with Gasteiger partial charge in [-0.3, -0.25) is 9.69 Å². The molecule has 0 saturated carbocycles. The van der Waals surface area contributed by atoms with E-state index >= 15 is 0 Å². The molecule has 0 aliphatic heterocycles. The summed E-state index contributed by atoms with van der Waals surface area (Å²) in [4.78, 5) is 12.3. The zero-order chi connectivity index (χ0) is 11.5. The van der Waals surface area contributed by atoms with E-state index in [2.05, 4.69) is 5.92 Å². The molecule has 0 spiro atoms. The van der Waals surface area contributed by atoms with Crippen LogP contribution in [0.3, 0.4) is 0 Å². The molecule has 4 heteroatoms. The summed E-state index contributed by atoms with van der Waals surface area (Å²) >= 11 is 0. The molecule has 15 heavy (non-hydrogen) atoms.